The van der Waals surface area contributed by atoms with Gasteiger partial charge >= 0.3 is 0 Å². The van der Waals surface area contributed by atoms with Crippen molar-refractivity contribution in [2.45, 2.75) is 63.1 Å². The SMILES string of the molecule is O[C@H]1[C@H]2CCC[C@H]1[C@]1(O)CCCC[C@@H]1C2. The topological polar surface area (TPSA) is 40.5 Å². The van der Waals surface area contributed by atoms with Crippen LogP contribution in [-0.2, 0) is 0 Å². The van der Waals surface area contributed by atoms with Gasteiger partial charge in [0.15, 0.2) is 0 Å². The van der Waals surface area contributed by atoms with Gasteiger partial charge in [-0.25, -0.2) is 0 Å². The Morgan fingerprint density at radius 2 is 1.87 bits per heavy atom. The summed E-state index contributed by atoms with van der Waals surface area (Å²) in [7, 11) is 0. The largest absolute Gasteiger partial charge is 0.392 e. The fourth-order valence-corrected chi connectivity index (χ4v) is 4.50. The summed E-state index contributed by atoms with van der Waals surface area (Å²) in [4.78, 5) is 0. The molecule has 0 unspecified atom stereocenters. The summed E-state index contributed by atoms with van der Waals surface area (Å²) >= 11 is 0. The van der Waals surface area contributed by atoms with Crippen LogP contribution in [-0.4, -0.2) is 21.9 Å². The number of rotatable bonds is 0. The summed E-state index contributed by atoms with van der Waals surface area (Å²) in [6.07, 6.45) is 8.87. The number of aliphatic hydroxyl groups excluding tert-OH is 1. The van der Waals surface area contributed by atoms with Gasteiger partial charge in [-0.2, -0.15) is 0 Å². The van der Waals surface area contributed by atoms with Gasteiger partial charge < -0.3 is 10.2 Å². The number of fused-ring (bicyclic) bond motifs is 4. The zero-order chi connectivity index (χ0) is 10.5. The van der Waals surface area contributed by atoms with Crippen LogP contribution in [0.3, 0.4) is 0 Å². The first-order valence-corrected chi connectivity index (χ1v) is 6.62. The summed E-state index contributed by atoms with van der Waals surface area (Å²) in [5.74, 6) is 1.17. The summed E-state index contributed by atoms with van der Waals surface area (Å²) in [5, 5.41) is 21.0. The second-order valence-electron chi connectivity index (χ2n) is 5.96. The zero-order valence-corrected chi connectivity index (χ0v) is 9.36. The van der Waals surface area contributed by atoms with E-state index in [0.717, 1.165) is 25.7 Å². The van der Waals surface area contributed by atoms with Crippen molar-refractivity contribution in [3.8, 4) is 0 Å². The highest BCUT2D eigenvalue weighted by molar-refractivity contribution is 5.05. The smallest absolute Gasteiger partial charge is 0.0728 e. The van der Waals surface area contributed by atoms with Crippen molar-refractivity contribution in [1.29, 1.82) is 0 Å². The second-order valence-corrected chi connectivity index (χ2v) is 5.96. The summed E-state index contributed by atoms with van der Waals surface area (Å²) in [6.45, 7) is 0. The van der Waals surface area contributed by atoms with E-state index in [9.17, 15) is 10.2 Å². The molecule has 86 valence electrons. The lowest BCUT2D eigenvalue weighted by molar-refractivity contribution is -0.191. The minimum Gasteiger partial charge on any atom is -0.392 e. The minimum atomic E-state index is -0.505. The highest BCUT2D eigenvalue weighted by atomic mass is 16.3. The summed E-state index contributed by atoms with van der Waals surface area (Å²) in [6, 6.07) is 0. The third-order valence-corrected chi connectivity index (χ3v) is 5.30. The maximum atomic E-state index is 10.8. The molecule has 0 amide bonds. The molecule has 2 heteroatoms. The molecule has 3 saturated carbocycles. The van der Waals surface area contributed by atoms with Gasteiger partial charge in [0.2, 0.25) is 0 Å². The van der Waals surface area contributed by atoms with E-state index in [1.165, 1.54) is 25.7 Å². The molecule has 0 aromatic heterocycles. The Balaban J connectivity index is 1.90. The Hall–Kier alpha value is -0.0800. The lowest BCUT2D eigenvalue weighted by Gasteiger charge is -2.55. The van der Waals surface area contributed by atoms with Crippen molar-refractivity contribution in [1.82, 2.24) is 0 Å². The second kappa shape index (κ2) is 3.46. The van der Waals surface area contributed by atoms with Gasteiger partial charge in [-0.3, -0.25) is 0 Å². The molecule has 0 saturated heterocycles. The van der Waals surface area contributed by atoms with E-state index in [1.807, 2.05) is 0 Å². The van der Waals surface area contributed by atoms with E-state index in [0.29, 0.717) is 11.8 Å². The molecule has 3 aliphatic rings. The van der Waals surface area contributed by atoms with Gasteiger partial charge in [0.1, 0.15) is 0 Å². The third-order valence-electron chi connectivity index (χ3n) is 5.30. The predicted molar refractivity (Wildman–Crippen MR) is 58.4 cm³/mol. The van der Waals surface area contributed by atoms with Gasteiger partial charge in [0.05, 0.1) is 11.7 Å². The van der Waals surface area contributed by atoms with E-state index < -0.39 is 5.60 Å². The van der Waals surface area contributed by atoms with Crippen molar-refractivity contribution in [2.24, 2.45) is 17.8 Å². The van der Waals surface area contributed by atoms with Crippen molar-refractivity contribution in [2.75, 3.05) is 0 Å². The maximum absolute atomic E-state index is 10.8. The van der Waals surface area contributed by atoms with Crippen LogP contribution in [0.5, 0.6) is 0 Å². The fraction of sp³-hybridized carbons (Fsp3) is 1.00. The molecule has 2 bridgehead atoms. The van der Waals surface area contributed by atoms with Crippen molar-refractivity contribution in [3.63, 3.8) is 0 Å². The molecule has 0 aromatic rings. The molecular weight excluding hydrogens is 188 g/mol. The van der Waals surface area contributed by atoms with E-state index in [2.05, 4.69) is 0 Å². The Bertz CT molecular complexity index is 253. The molecule has 3 aliphatic carbocycles. The number of hydrogen-bond acceptors (Lipinski definition) is 2. The average molecular weight is 210 g/mol. The van der Waals surface area contributed by atoms with Crippen molar-refractivity contribution in [3.05, 3.63) is 0 Å². The molecule has 3 fully saturated rings. The number of hydrogen-bond donors (Lipinski definition) is 2. The summed E-state index contributed by atoms with van der Waals surface area (Å²) < 4.78 is 0. The van der Waals surface area contributed by atoms with Crippen LogP contribution >= 0.6 is 0 Å². The molecular formula is C13H22O2. The Kier molecular flexibility index (Phi) is 2.33. The lowest BCUT2D eigenvalue weighted by Crippen LogP contribution is -2.59. The van der Waals surface area contributed by atoms with E-state index in [4.69, 9.17) is 0 Å². The van der Waals surface area contributed by atoms with E-state index >= 15 is 0 Å². The number of aliphatic hydroxyl groups is 2. The molecule has 15 heavy (non-hydrogen) atoms. The van der Waals surface area contributed by atoms with Crippen LogP contribution in [0.4, 0.5) is 0 Å². The van der Waals surface area contributed by atoms with E-state index in [-0.39, 0.29) is 12.0 Å². The molecule has 5 atom stereocenters. The van der Waals surface area contributed by atoms with Gasteiger partial charge in [-0.15, -0.1) is 0 Å². The first-order chi connectivity index (χ1) is 7.22. The van der Waals surface area contributed by atoms with Crippen molar-refractivity contribution < 1.29 is 10.2 Å². The zero-order valence-electron chi connectivity index (χ0n) is 9.36. The van der Waals surface area contributed by atoms with E-state index in [1.54, 1.807) is 0 Å². The first-order valence-electron chi connectivity index (χ1n) is 6.62. The minimum absolute atomic E-state index is 0.190. The Morgan fingerprint density at radius 3 is 2.73 bits per heavy atom. The first kappa shape index (κ1) is 10.1. The Labute approximate surface area is 91.7 Å². The van der Waals surface area contributed by atoms with Crippen molar-refractivity contribution >= 4 is 0 Å². The third kappa shape index (κ3) is 1.38. The molecule has 0 heterocycles. The van der Waals surface area contributed by atoms with Crippen LogP contribution in [0.2, 0.25) is 0 Å². The predicted octanol–water partition coefficient (Wildman–Crippen LogP) is 2.09. The van der Waals surface area contributed by atoms with Gasteiger partial charge in [-0.05, 0) is 43.9 Å². The molecule has 0 aliphatic heterocycles. The monoisotopic (exact) mass is 210 g/mol. The molecule has 2 N–H and O–H groups in total. The lowest BCUT2D eigenvalue weighted by atomic mass is 9.54. The highest BCUT2D eigenvalue weighted by Crippen LogP contribution is 2.53. The normalized spacial score (nSPS) is 54.8. The van der Waals surface area contributed by atoms with Crippen LogP contribution in [0.15, 0.2) is 0 Å². The van der Waals surface area contributed by atoms with Gasteiger partial charge in [0.25, 0.3) is 0 Å². The average Bonchev–Trinajstić information content (AvgIpc) is 2.21. The Morgan fingerprint density at radius 1 is 1.00 bits per heavy atom. The fourth-order valence-electron chi connectivity index (χ4n) is 4.50. The summed E-state index contributed by atoms with van der Waals surface area (Å²) in [5.41, 5.74) is -0.505. The maximum Gasteiger partial charge on any atom is 0.0728 e. The van der Waals surface area contributed by atoms with Crippen LogP contribution in [0.1, 0.15) is 51.4 Å². The standard InChI is InChI=1S/C13H22O2/c14-12-9-4-3-6-11(12)13(15)7-2-1-5-10(13)8-9/h9-12,14-15H,1-8H2/t9-,10+,11+,12-,13-/m0/s1. The molecule has 0 aromatic carbocycles. The van der Waals surface area contributed by atoms with Crippen LogP contribution in [0.25, 0.3) is 0 Å². The quantitative estimate of drug-likeness (QED) is 0.642. The molecule has 2 nitrogen and oxygen atoms in total. The highest BCUT2D eigenvalue weighted by Gasteiger charge is 2.54. The molecule has 0 spiro atoms. The molecule has 0 radical (unpaired) electrons. The van der Waals surface area contributed by atoms with Gasteiger partial charge in [-0.1, -0.05) is 19.3 Å². The van der Waals surface area contributed by atoms with Crippen LogP contribution < -0.4 is 0 Å². The van der Waals surface area contributed by atoms with Gasteiger partial charge in [0, 0.05) is 5.92 Å². The van der Waals surface area contributed by atoms with Crippen LogP contribution in [0, 0.1) is 17.8 Å². The molecule has 3 rings (SSSR count).